The summed E-state index contributed by atoms with van der Waals surface area (Å²) in [6.45, 7) is 3.95. The van der Waals surface area contributed by atoms with Crippen molar-refractivity contribution < 1.29 is 9.59 Å². The summed E-state index contributed by atoms with van der Waals surface area (Å²) >= 11 is 9.48. The molecule has 1 aromatic carbocycles. The summed E-state index contributed by atoms with van der Waals surface area (Å²) in [5.41, 5.74) is 2.52. The topological polar surface area (TPSA) is 74.3 Å². The Morgan fingerprint density at radius 3 is 2.38 bits per heavy atom. The Morgan fingerprint density at radius 2 is 1.81 bits per heavy atom. The molecule has 2 aromatic rings. The van der Waals surface area contributed by atoms with Gasteiger partial charge in [0.1, 0.15) is 5.82 Å². The minimum Gasteiger partial charge on any atom is -0.323 e. The molecule has 138 valence electrons. The van der Waals surface area contributed by atoms with Crippen molar-refractivity contribution in [3.63, 3.8) is 0 Å². The number of nitrogens with zero attached hydrogens (tertiary/aromatic N) is 2. The predicted molar refractivity (Wildman–Crippen MR) is 108 cm³/mol. The largest absolute Gasteiger partial charge is 0.323 e. The monoisotopic (exact) mass is 438 g/mol. The van der Waals surface area contributed by atoms with Crippen LogP contribution in [0.1, 0.15) is 11.1 Å². The molecule has 0 saturated heterocycles. The summed E-state index contributed by atoms with van der Waals surface area (Å²) in [5, 5.41) is 5.98. The quantitative estimate of drug-likeness (QED) is 0.721. The Kier molecular flexibility index (Phi) is 7.14. The highest BCUT2D eigenvalue weighted by molar-refractivity contribution is 9.10. The smallest absolute Gasteiger partial charge is 0.239 e. The summed E-state index contributed by atoms with van der Waals surface area (Å²) in [5.74, 6) is -0.0336. The molecular weight excluding hydrogens is 420 g/mol. The minimum atomic E-state index is -0.250. The molecule has 1 heterocycles. The average Bonchev–Trinajstić information content (AvgIpc) is 2.52. The van der Waals surface area contributed by atoms with Crippen molar-refractivity contribution in [2.75, 3.05) is 30.8 Å². The van der Waals surface area contributed by atoms with E-state index in [1.807, 2.05) is 19.9 Å². The first-order valence-electron chi connectivity index (χ1n) is 7.91. The number of carbonyl (C=O) groups excluding carboxylic acids is 2. The lowest BCUT2D eigenvalue weighted by Crippen LogP contribution is -2.36. The van der Waals surface area contributed by atoms with Crippen LogP contribution in [0.5, 0.6) is 0 Å². The summed E-state index contributed by atoms with van der Waals surface area (Å²) in [6.07, 6.45) is 1.60. The van der Waals surface area contributed by atoms with Gasteiger partial charge >= 0.3 is 0 Å². The van der Waals surface area contributed by atoms with Crippen molar-refractivity contribution in [2.45, 2.75) is 13.8 Å². The minimum absolute atomic E-state index is 0.0603. The summed E-state index contributed by atoms with van der Waals surface area (Å²) < 4.78 is 0.828. The van der Waals surface area contributed by atoms with Gasteiger partial charge in [0.25, 0.3) is 0 Å². The molecule has 0 spiro atoms. The van der Waals surface area contributed by atoms with Crippen LogP contribution in [0.25, 0.3) is 0 Å². The maximum absolute atomic E-state index is 12.2. The molecule has 0 radical (unpaired) electrons. The zero-order valence-corrected chi connectivity index (χ0v) is 17.1. The zero-order chi connectivity index (χ0) is 19.3. The number of pyridine rings is 1. The summed E-state index contributed by atoms with van der Waals surface area (Å²) in [7, 11) is 1.69. The third-order valence-electron chi connectivity index (χ3n) is 3.52. The standard InChI is InChI=1S/C18H20BrClN4O2/c1-11-6-12(2)18(14(20)7-11)23-17(26)10-24(3)9-16(25)22-15-5-4-13(19)8-21-15/h4-8H,9-10H2,1-3H3,(H,23,26)(H,21,22,25). The average molecular weight is 440 g/mol. The molecule has 6 nitrogen and oxygen atoms in total. The molecule has 1 aromatic heterocycles. The van der Waals surface area contributed by atoms with E-state index in [0.717, 1.165) is 15.6 Å². The maximum atomic E-state index is 12.2. The number of aryl methyl sites for hydroxylation is 2. The summed E-state index contributed by atoms with van der Waals surface area (Å²) in [4.78, 5) is 30.0. The van der Waals surface area contributed by atoms with Crippen molar-refractivity contribution >= 4 is 50.9 Å². The molecule has 0 unspecified atom stereocenters. The maximum Gasteiger partial charge on any atom is 0.239 e. The first kappa shape index (κ1) is 20.4. The van der Waals surface area contributed by atoms with Gasteiger partial charge < -0.3 is 10.6 Å². The van der Waals surface area contributed by atoms with E-state index in [2.05, 4.69) is 31.5 Å². The number of amides is 2. The third kappa shape index (κ3) is 6.09. The Balaban J connectivity index is 1.87. The molecule has 2 amide bonds. The molecule has 26 heavy (non-hydrogen) atoms. The molecule has 2 N–H and O–H groups in total. The van der Waals surface area contributed by atoms with Gasteiger partial charge in [-0.3, -0.25) is 14.5 Å². The second-order valence-corrected chi connectivity index (χ2v) is 7.39. The van der Waals surface area contributed by atoms with Gasteiger partial charge in [0, 0.05) is 10.7 Å². The number of anilines is 2. The van der Waals surface area contributed by atoms with Crippen LogP contribution in [0.4, 0.5) is 11.5 Å². The zero-order valence-electron chi connectivity index (χ0n) is 14.8. The molecule has 2 rings (SSSR count). The number of rotatable bonds is 6. The number of nitrogens with one attached hydrogen (secondary N) is 2. The van der Waals surface area contributed by atoms with E-state index < -0.39 is 0 Å². The van der Waals surface area contributed by atoms with Gasteiger partial charge in [-0.1, -0.05) is 17.7 Å². The number of likely N-dealkylation sites (N-methyl/N-ethyl adjacent to an activating group) is 1. The molecule has 0 atom stereocenters. The molecular formula is C18H20BrClN4O2. The van der Waals surface area contributed by atoms with Gasteiger partial charge in [0.05, 0.1) is 23.8 Å². The highest BCUT2D eigenvalue weighted by Crippen LogP contribution is 2.27. The predicted octanol–water partition coefficient (Wildman–Crippen LogP) is 3.62. The SMILES string of the molecule is Cc1cc(C)c(NC(=O)CN(C)CC(=O)Nc2ccc(Br)cn2)c(Cl)c1. The third-order valence-corrected chi connectivity index (χ3v) is 4.29. The van der Waals surface area contributed by atoms with Gasteiger partial charge in [0.2, 0.25) is 11.8 Å². The molecule has 0 saturated carbocycles. The van der Waals surface area contributed by atoms with Crippen molar-refractivity contribution in [2.24, 2.45) is 0 Å². The second kappa shape index (κ2) is 9.12. The van der Waals surface area contributed by atoms with E-state index in [-0.39, 0.29) is 24.9 Å². The lowest BCUT2D eigenvalue weighted by molar-refractivity contribution is -0.119. The highest BCUT2D eigenvalue weighted by atomic mass is 79.9. The first-order chi connectivity index (χ1) is 12.2. The molecule has 0 aliphatic carbocycles. The number of benzene rings is 1. The number of hydrogen-bond donors (Lipinski definition) is 2. The molecule has 0 fully saturated rings. The van der Waals surface area contributed by atoms with Gasteiger partial charge in [-0.15, -0.1) is 0 Å². The Hall–Kier alpha value is -1.96. The fourth-order valence-corrected chi connectivity index (χ4v) is 3.03. The fourth-order valence-electron chi connectivity index (χ4n) is 2.43. The Labute approximate surface area is 166 Å². The fraction of sp³-hybridized carbons (Fsp3) is 0.278. The van der Waals surface area contributed by atoms with Crippen LogP contribution < -0.4 is 10.6 Å². The van der Waals surface area contributed by atoms with E-state index >= 15 is 0 Å². The normalized spacial score (nSPS) is 10.7. The van der Waals surface area contributed by atoms with E-state index in [4.69, 9.17) is 11.6 Å². The molecule has 0 bridgehead atoms. The lowest BCUT2D eigenvalue weighted by atomic mass is 10.1. The van der Waals surface area contributed by atoms with E-state index in [1.165, 1.54) is 0 Å². The van der Waals surface area contributed by atoms with Crippen molar-refractivity contribution in [1.82, 2.24) is 9.88 Å². The first-order valence-corrected chi connectivity index (χ1v) is 9.08. The number of hydrogen-bond acceptors (Lipinski definition) is 4. The van der Waals surface area contributed by atoms with E-state index in [0.29, 0.717) is 16.5 Å². The second-order valence-electron chi connectivity index (χ2n) is 6.07. The van der Waals surface area contributed by atoms with Crippen LogP contribution in [-0.2, 0) is 9.59 Å². The van der Waals surface area contributed by atoms with Crippen LogP contribution in [0.3, 0.4) is 0 Å². The van der Waals surface area contributed by atoms with Crippen LogP contribution in [-0.4, -0.2) is 41.8 Å². The van der Waals surface area contributed by atoms with Gasteiger partial charge in [0.15, 0.2) is 0 Å². The van der Waals surface area contributed by atoms with Crippen LogP contribution in [0, 0.1) is 13.8 Å². The number of carbonyl (C=O) groups is 2. The van der Waals surface area contributed by atoms with Gasteiger partial charge in [-0.25, -0.2) is 4.98 Å². The van der Waals surface area contributed by atoms with Crippen LogP contribution in [0.15, 0.2) is 34.9 Å². The molecule has 0 aliphatic heterocycles. The Bertz CT molecular complexity index is 788. The van der Waals surface area contributed by atoms with E-state index in [9.17, 15) is 9.59 Å². The lowest BCUT2D eigenvalue weighted by Gasteiger charge is -2.17. The van der Waals surface area contributed by atoms with E-state index in [1.54, 1.807) is 36.3 Å². The van der Waals surface area contributed by atoms with Crippen molar-refractivity contribution in [1.29, 1.82) is 0 Å². The van der Waals surface area contributed by atoms with Crippen molar-refractivity contribution in [3.05, 3.63) is 51.1 Å². The summed E-state index contributed by atoms with van der Waals surface area (Å²) in [6, 6.07) is 7.22. The van der Waals surface area contributed by atoms with Crippen LogP contribution in [0.2, 0.25) is 5.02 Å². The molecule has 0 aliphatic rings. The highest BCUT2D eigenvalue weighted by Gasteiger charge is 2.14. The Morgan fingerprint density at radius 1 is 1.15 bits per heavy atom. The van der Waals surface area contributed by atoms with Gasteiger partial charge in [-0.05, 0) is 66.2 Å². The van der Waals surface area contributed by atoms with Crippen LogP contribution >= 0.6 is 27.5 Å². The number of halogens is 2. The molecule has 8 heteroatoms. The van der Waals surface area contributed by atoms with Gasteiger partial charge in [-0.2, -0.15) is 0 Å². The van der Waals surface area contributed by atoms with Crippen molar-refractivity contribution in [3.8, 4) is 0 Å². The number of aromatic nitrogens is 1.